The van der Waals surface area contributed by atoms with Crippen LogP contribution in [0.2, 0.25) is 0 Å². The van der Waals surface area contributed by atoms with Crippen molar-refractivity contribution < 1.29 is 9.53 Å². The summed E-state index contributed by atoms with van der Waals surface area (Å²) in [6.45, 7) is 3.90. The van der Waals surface area contributed by atoms with Gasteiger partial charge in [0.25, 0.3) is 0 Å². The number of ketones is 1. The molecule has 0 aromatic heterocycles. The number of hydrogen-bond acceptors (Lipinski definition) is 2. The molecule has 0 radical (unpaired) electrons. The molecule has 0 bridgehead atoms. The smallest absolute Gasteiger partial charge is 0.132 e. The molecule has 0 saturated carbocycles. The fraction of sp³-hybridized carbons (Fsp3) is 0.929. The van der Waals surface area contributed by atoms with Gasteiger partial charge in [0.1, 0.15) is 5.78 Å². The van der Waals surface area contributed by atoms with Gasteiger partial charge in [-0.2, -0.15) is 0 Å². The van der Waals surface area contributed by atoms with E-state index in [0.29, 0.717) is 12.5 Å². The molecular formula is C14H26O2. The van der Waals surface area contributed by atoms with Gasteiger partial charge >= 0.3 is 0 Å². The maximum Gasteiger partial charge on any atom is 0.132 e. The SMILES string of the molecule is CCCCCC[C@H]1CCC[C@@H](CC(C)=O)O1. The Kier molecular flexibility index (Phi) is 6.70. The van der Waals surface area contributed by atoms with Crippen molar-refractivity contribution in [1.29, 1.82) is 0 Å². The average Bonchev–Trinajstić information content (AvgIpc) is 2.24. The van der Waals surface area contributed by atoms with Gasteiger partial charge in [0.05, 0.1) is 12.2 Å². The molecular weight excluding hydrogens is 200 g/mol. The zero-order chi connectivity index (χ0) is 11.8. The van der Waals surface area contributed by atoms with Gasteiger partial charge in [-0.05, 0) is 32.6 Å². The quantitative estimate of drug-likeness (QED) is 0.616. The summed E-state index contributed by atoms with van der Waals surface area (Å²) in [5, 5.41) is 0. The van der Waals surface area contributed by atoms with Crippen LogP contribution in [0, 0.1) is 0 Å². The van der Waals surface area contributed by atoms with E-state index in [2.05, 4.69) is 6.92 Å². The van der Waals surface area contributed by atoms with Crippen LogP contribution in [-0.4, -0.2) is 18.0 Å². The van der Waals surface area contributed by atoms with Crippen LogP contribution in [-0.2, 0) is 9.53 Å². The summed E-state index contributed by atoms with van der Waals surface area (Å²) in [5.41, 5.74) is 0. The molecule has 0 N–H and O–H groups in total. The lowest BCUT2D eigenvalue weighted by atomic mass is 9.97. The highest BCUT2D eigenvalue weighted by molar-refractivity contribution is 5.75. The summed E-state index contributed by atoms with van der Waals surface area (Å²) < 4.78 is 5.96. The van der Waals surface area contributed by atoms with Crippen LogP contribution in [0.25, 0.3) is 0 Å². The average molecular weight is 226 g/mol. The number of carbonyl (C=O) groups is 1. The first-order valence-corrected chi connectivity index (χ1v) is 6.87. The monoisotopic (exact) mass is 226 g/mol. The summed E-state index contributed by atoms with van der Waals surface area (Å²) in [6.07, 6.45) is 11.2. The minimum absolute atomic E-state index is 0.211. The first-order valence-electron chi connectivity index (χ1n) is 6.87. The molecule has 0 unspecified atom stereocenters. The van der Waals surface area contributed by atoms with Crippen LogP contribution in [0.3, 0.4) is 0 Å². The third-order valence-electron chi connectivity index (χ3n) is 3.33. The molecule has 0 spiro atoms. The van der Waals surface area contributed by atoms with Crippen molar-refractivity contribution in [3.05, 3.63) is 0 Å². The molecule has 1 fully saturated rings. The van der Waals surface area contributed by atoms with Crippen LogP contribution in [0.1, 0.15) is 71.6 Å². The fourth-order valence-electron chi connectivity index (χ4n) is 2.46. The summed E-state index contributed by atoms with van der Waals surface area (Å²) in [7, 11) is 0. The van der Waals surface area contributed by atoms with E-state index in [4.69, 9.17) is 4.74 Å². The van der Waals surface area contributed by atoms with Crippen molar-refractivity contribution in [2.45, 2.75) is 83.8 Å². The Labute approximate surface area is 99.8 Å². The minimum atomic E-state index is 0.211. The number of unbranched alkanes of at least 4 members (excludes halogenated alkanes) is 3. The fourth-order valence-corrected chi connectivity index (χ4v) is 2.46. The number of Topliss-reactive ketones (excluding diaryl/α,β-unsaturated/α-hetero) is 1. The van der Waals surface area contributed by atoms with E-state index in [-0.39, 0.29) is 11.9 Å². The van der Waals surface area contributed by atoms with Crippen LogP contribution < -0.4 is 0 Å². The van der Waals surface area contributed by atoms with Crippen LogP contribution >= 0.6 is 0 Å². The Hall–Kier alpha value is -0.370. The molecule has 1 saturated heterocycles. The third-order valence-corrected chi connectivity index (χ3v) is 3.33. The van der Waals surface area contributed by atoms with E-state index >= 15 is 0 Å². The Morgan fingerprint density at radius 2 is 1.94 bits per heavy atom. The Bertz CT molecular complexity index is 201. The number of carbonyl (C=O) groups excluding carboxylic acids is 1. The Morgan fingerprint density at radius 1 is 1.19 bits per heavy atom. The highest BCUT2D eigenvalue weighted by Crippen LogP contribution is 2.24. The molecule has 2 heteroatoms. The van der Waals surface area contributed by atoms with Crippen molar-refractivity contribution in [3.63, 3.8) is 0 Å². The van der Waals surface area contributed by atoms with Gasteiger partial charge in [0.15, 0.2) is 0 Å². The number of rotatable bonds is 7. The predicted molar refractivity (Wildman–Crippen MR) is 66.6 cm³/mol. The lowest BCUT2D eigenvalue weighted by molar-refractivity contribution is -0.123. The lowest BCUT2D eigenvalue weighted by Gasteiger charge is -2.29. The van der Waals surface area contributed by atoms with Gasteiger partial charge in [-0.25, -0.2) is 0 Å². The maximum atomic E-state index is 11.0. The van der Waals surface area contributed by atoms with Crippen molar-refractivity contribution in [1.82, 2.24) is 0 Å². The second-order valence-electron chi connectivity index (χ2n) is 5.07. The zero-order valence-corrected chi connectivity index (χ0v) is 10.8. The molecule has 0 amide bonds. The molecule has 0 aromatic rings. The first-order chi connectivity index (χ1) is 7.72. The maximum absolute atomic E-state index is 11.0. The lowest BCUT2D eigenvalue weighted by Crippen LogP contribution is -2.29. The van der Waals surface area contributed by atoms with Gasteiger partial charge in [-0.15, -0.1) is 0 Å². The molecule has 0 aromatic carbocycles. The molecule has 94 valence electrons. The second-order valence-corrected chi connectivity index (χ2v) is 5.07. The number of ether oxygens (including phenoxy) is 1. The Balaban J connectivity index is 2.14. The largest absolute Gasteiger partial charge is 0.375 e. The zero-order valence-electron chi connectivity index (χ0n) is 10.8. The number of hydrogen-bond donors (Lipinski definition) is 0. The molecule has 1 heterocycles. The molecule has 1 aliphatic rings. The topological polar surface area (TPSA) is 26.3 Å². The van der Waals surface area contributed by atoms with Crippen molar-refractivity contribution in [2.75, 3.05) is 0 Å². The van der Waals surface area contributed by atoms with Crippen molar-refractivity contribution >= 4 is 5.78 Å². The third kappa shape index (κ3) is 5.64. The van der Waals surface area contributed by atoms with E-state index < -0.39 is 0 Å². The van der Waals surface area contributed by atoms with Crippen LogP contribution in [0.5, 0.6) is 0 Å². The molecule has 2 nitrogen and oxygen atoms in total. The van der Waals surface area contributed by atoms with Gasteiger partial charge in [0, 0.05) is 6.42 Å². The van der Waals surface area contributed by atoms with E-state index in [1.807, 2.05) is 0 Å². The highest BCUT2D eigenvalue weighted by Gasteiger charge is 2.22. The molecule has 1 aliphatic heterocycles. The second kappa shape index (κ2) is 7.83. The highest BCUT2D eigenvalue weighted by atomic mass is 16.5. The Morgan fingerprint density at radius 3 is 2.62 bits per heavy atom. The van der Waals surface area contributed by atoms with Gasteiger partial charge < -0.3 is 4.74 Å². The molecule has 0 aliphatic carbocycles. The first kappa shape index (κ1) is 13.7. The van der Waals surface area contributed by atoms with E-state index in [9.17, 15) is 4.79 Å². The minimum Gasteiger partial charge on any atom is -0.375 e. The van der Waals surface area contributed by atoms with E-state index in [1.165, 1.54) is 44.9 Å². The standard InChI is InChI=1S/C14H26O2/c1-3-4-5-6-8-13-9-7-10-14(16-13)11-12(2)15/h13-14H,3-11H2,1-2H3/t13-,14-/m0/s1. The van der Waals surface area contributed by atoms with Gasteiger partial charge in [0.2, 0.25) is 0 Å². The summed E-state index contributed by atoms with van der Waals surface area (Å²) in [6, 6.07) is 0. The van der Waals surface area contributed by atoms with Crippen molar-refractivity contribution in [3.8, 4) is 0 Å². The van der Waals surface area contributed by atoms with Gasteiger partial charge in [-0.1, -0.05) is 32.6 Å². The van der Waals surface area contributed by atoms with Crippen LogP contribution in [0.4, 0.5) is 0 Å². The summed E-state index contributed by atoms with van der Waals surface area (Å²) in [5.74, 6) is 0.261. The van der Waals surface area contributed by atoms with Gasteiger partial charge in [-0.3, -0.25) is 4.79 Å². The predicted octanol–water partition coefficient (Wildman–Crippen LogP) is 3.87. The summed E-state index contributed by atoms with van der Waals surface area (Å²) in [4.78, 5) is 11.0. The normalized spacial score (nSPS) is 25.6. The molecule has 1 rings (SSSR count). The summed E-state index contributed by atoms with van der Waals surface area (Å²) >= 11 is 0. The molecule has 2 atom stereocenters. The van der Waals surface area contributed by atoms with E-state index in [1.54, 1.807) is 6.92 Å². The van der Waals surface area contributed by atoms with E-state index in [0.717, 1.165) is 6.42 Å². The van der Waals surface area contributed by atoms with Crippen molar-refractivity contribution in [2.24, 2.45) is 0 Å². The van der Waals surface area contributed by atoms with Crippen LogP contribution in [0.15, 0.2) is 0 Å². The molecule has 16 heavy (non-hydrogen) atoms.